The van der Waals surface area contributed by atoms with E-state index in [1.807, 2.05) is 0 Å². The van der Waals surface area contributed by atoms with E-state index in [2.05, 4.69) is 10.6 Å². The molecule has 0 saturated carbocycles. The maximum absolute atomic E-state index is 12.2. The average Bonchev–Trinajstić information content (AvgIpc) is 2.68. The van der Waals surface area contributed by atoms with E-state index in [4.69, 9.17) is 0 Å². The molecule has 1 saturated heterocycles. The Morgan fingerprint density at radius 3 is 2.95 bits per heavy atom. The molecule has 7 heteroatoms. The summed E-state index contributed by atoms with van der Waals surface area (Å²) in [4.78, 5) is 36.7. The predicted octanol–water partition coefficient (Wildman–Crippen LogP) is 0.669. The van der Waals surface area contributed by atoms with Crippen molar-refractivity contribution in [1.29, 1.82) is 0 Å². The Labute approximate surface area is 114 Å². The molecule has 19 heavy (non-hydrogen) atoms. The summed E-state index contributed by atoms with van der Waals surface area (Å²) in [6.07, 6.45) is 0.751. The molecule has 1 fully saturated rings. The topological polar surface area (TPSA) is 78.5 Å². The van der Waals surface area contributed by atoms with Crippen molar-refractivity contribution in [3.63, 3.8) is 0 Å². The third kappa shape index (κ3) is 3.54. The van der Waals surface area contributed by atoms with Gasteiger partial charge in [-0.25, -0.2) is 0 Å². The van der Waals surface area contributed by atoms with Gasteiger partial charge in [-0.15, -0.1) is 11.3 Å². The van der Waals surface area contributed by atoms with Gasteiger partial charge in [-0.05, 0) is 18.6 Å². The minimum Gasteiger partial charge on any atom is -0.354 e. The molecule has 0 atom stereocenters. The molecule has 2 heterocycles. The van der Waals surface area contributed by atoms with E-state index < -0.39 is 0 Å². The molecule has 1 aliphatic heterocycles. The number of anilines is 1. The summed E-state index contributed by atoms with van der Waals surface area (Å²) in [6.45, 7) is 2.67. The highest BCUT2D eigenvalue weighted by atomic mass is 32.1. The fourth-order valence-electron chi connectivity index (χ4n) is 1.83. The van der Waals surface area contributed by atoms with Gasteiger partial charge in [-0.3, -0.25) is 14.4 Å². The second-order valence-corrected chi connectivity index (χ2v) is 5.36. The molecule has 2 N–H and O–H groups in total. The lowest BCUT2D eigenvalue weighted by Crippen LogP contribution is -2.37. The monoisotopic (exact) mass is 281 g/mol. The van der Waals surface area contributed by atoms with Gasteiger partial charge in [0, 0.05) is 20.0 Å². The highest BCUT2D eigenvalue weighted by Gasteiger charge is 2.22. The summed E-state index contributed by atoms with van der Waals surface area (Å²) >= 11 is 1.22. The minimum absolute atomic E-state index is 0.0895. The first-order valence-electron chi connectivity index (χ1n) is 5.99. The first kappa shape index (κ1) is 13.5. The van der Waals surface area contributed by atoms with Gasteiger partial charge in [0.05, 0.1) is 16.4 Å². The van der Waals surface area contributed by atoms with Crippen molar-refractivity contribution >= 4 is 34.1 Å². The molecule has 0 bridgehead atoms. The van der Waals surface area contributed by atoms with Crippen molar-refractivity contribution in [2.75, 3.05) is 25.0 Å². The summed E-state index contributed by atoms with van der Waals surface area (Å²) in [5.74, 6) is -0.474. The number of thiophene rings is 1. The number of hydrogen-bond donors (Lipinski definition) is 2. The van der Waals surface area contributed by atoms with E-state index in [0.29, 0.717) is 23.0 Å². The normalized spacial score (nSPS) is 15.6. The molecule has 0 spiro atoms. The van der Waals surface area contributed by atoms with Crippen molar-refractivity contribution in [2.24, 2.45) is 0 Å². The summed E-state index contributed by atoms with van der Waals surface area (Å²) in [7, 11) is 0. The quantitative estimate of drug-likeness (QED) is 0.836. The van der Waals surface area contributed by atoms with Crippen LogP contribution in [-0.4, -0.2) is 42.3 Å². The van der Waals surface area contributed by atoms with E-state index in [9.17, 15) is 14.4 Å². The zero-order valence-corrected chi connectivity index (χ0v) is 11.4. The van der Waals surface area contributed by atoms with Gasteiger partial charge in [0.15, 0.2) is 0 Å². The van der Waals surface area contributed by atoms with Crippen LogP contribution in [0.5, 0.6) is 0 Å². The lowest BCUT2D eigenvalue weighted by molar-refractivity contribution is -0.121. The molecule has 0 unspecified atom stereocenters. The second kappa shape index (κ2) is 5.83. The summed E-state index contributed by atoms with van der Waals surface area (Å²) in [5, 5.41) is 5.99. The lowest BCUT2D eigenvalue weighted by Gasteiger charge is -2.17. The van der Waals surface area contributed by atoms with Crippen LogP contribution in [0, 0.1) is 0 Å². The highest BCUT2D eigenvalue weighted by molar-refractivity contribution is 7.18. The molecule has 0 radical (unpaired) electrons. The van der Waals surface area contributed by atoms with Crippen LogP contribution >= 0.6 is 11.3 Å². The number of amides is 3. The van der Waals surface area contributed by atoms with Crippen molar-refractivity contribution in [1.82, 2.24) is 10.2 Å². The van der Waals surface area contributed by atoms with E-state index in [1.54, 1.807) is 12.1 Å². The first-order chi connectivity index (χ1) is 9.06. The van der Waals surface area contributed by atoms with Crippen molar-refractivity contribution in [3.8, 4) is 0 Å². The van der Waals surface area contributed by atoms with E-state index in [-0.39, 0.29) is 24.3 Å². The minimum atomic E-state index is -0.171. The van der Waals surface area contributed by atoms with Gasteiger partial charge in [-0.2, -0.15) is 0 Å². The van der Waals surface area contributed by atoms with Crippen LogP contribution in [0.25, 0.3) is 0 Å². The lowest BCUT2D eigenvalue weighted by atomic mass is 10.3. The molecule has 1 aliphatic rings. The Kier molecular flexibility index (Phi) is 4.16. The number of nitrogens with zero attached hydrogens (tertiary/aromatic N) is 1. The van der Waals surface area contributed by atoms with Gasteiger partial charge >= 0.3 is 0 Å². The van der Waals surface area contributed by atoms with Crippen molar-refractivity contribution in [3.05, 3.63) is 17.0 Å². The van der Waals surface area contributed by atoms with Crippen LogP contribution < -0.4 is 10.6 Å². The first-order valence-corrected chi connectivity index (χ1v) is 6.81. The van der Waals surface area contributed by atoms with Gasteiger partial charge < -0.3 is 15.5 Å². The standard InChI is InChI=1S/C12H15N3O3S/c1-8(16)14-11-4-3-9(19-11)12(18)15-6-2-5-13-10(17)7-15/h3-4H,2,5-7H2,1H3,(H,13,17)(H,14,16). The molecule has 102 valence electrons. The van der Waals surface area contributed by atoms with E-state index in [0.717, 1.165) is 6.42 Å². The average molecular weight is 281 g/mol. The molecular weight excluding hydrogens is 266 g/mol. The summed E-state index contributed by atoms with van der Waals surface area (Å²) in [6, 6.07) is 3.36. The van der Waals surface area contributed by atoms with Crippen LogP contribution in [0.3, 0.4) is 0 Å². The third-order valence-electron chi connectivity index (χ3n) is 2.66. The van der Waals surface area contributed by atoms with E-state index >= 15 is 0 Å². The van der Waals surface area contributed by atoms with Gasteiger partial charge in [0.1, 0.15) is 0 Å². The third-order valence-corrected chi connectivity index (χ3v) is 3.65. The van der Waals surface area contributed by atoms with Gasteiger partial charge in [-0.1, -0.05) is 0 Å². The smallest absolute Gasteiger partial charge is 0.264 e. The fourth-order valence-corrected chi connectivity index (χ4v) is 2.75. The van der Waals surface area contributed by atoms with E-state index in [1.165, 1.54) is 23.2 Å². The molecule has 0 aliphatic carbocycles. The van der Waals surface area contributed by atoms with Crippen LogP contribution in [0.15, 0.2) is 12.1 Å². The van der Waals surface area contributed by atoms with Crippen LogP contribution in [-0.2, 0) is 9.59 Å². The van der Waals surface area contributed by atoms with Crippen LogP contribution in [0.2, 0.25) is 0 Å². The number of carbonyl (C=O) groups is 3. The molecule has 1 aromatic heterocycles. The molecule has 6 nitrogen and oxygen atoms in total. The summed E-state index contributed by atoms with van der Waals surface area (Å²) in [5.41, 5.74) is 0. The van der Waals surface area contributed by atoms with Crippen molar-refractivity contribution < 1.29 is 14.4 Å². The molecular formula is C12H15N3O3S. The van der Waals surface area contributed by atoms with Crippen LogP contribution in [0.4, 0.5) is 5.00 Å². The molecule has 1 aromatic rings. The Morgan fingerprint density at radius 1 is 1.42 bits per heavy atom. The second-order valence-electron chi connectivity index (χ2n) is 4.28. The maximum atomic E-state index is 12.2. The summed E-state index contributed by atoms with van der Waals surface area (Å²) < 4.78 is 0. The SMILES string of the molecule is CC(=O)Nc1ccc(C(=O)N2CCCNC(=O)C2)s1. The molecule has 0 aromatic carbocycles. The molecule has 2 rings (SSSR count). The zero-order chi connectivity index (χ0) is 13.8. The van der Waals surface area contributed by atoms with Crippen LogP contribution in [0.1, 0.15) is 23.0 Å². The Morgan fingerprint density at radius 2 is 2.21 bits per heavy atom. The number of hydrogen-bond acceptors (Lipinski definition) is 4. The Balaban J connectivity index is 2.07. The zero-order valence-electron chi connectivity index (χ0n) is 10.6. The maximum Gasteiger partial charge on any atom is 0.264 e. The van der Waals surface area contributed by atoms with Gasteiger partial charge in [0.25, 0.3) is 5.91 Å². The Hall–Kier alpha value is -1.89. The Bertz CT molecular complexity index is 512. The number of nitrogens with one attached hydrogen (secondary N) is 2. The molecule has 3 amide bonds. The largest absolute Gasteiger partial charge is 0.354 e. The highest BCUT2D eigenvalue weighted by Crippen LogP contribution is 2.23. The van der Waals surface area contributed by atoms with Crippen molar-refractivity contribution in [2.45, 2.75) is 13.3 Å². The fraction of sp³-hybridized carbons (Fsp3) is 0.417. The van der Waals surface area contributed by atoms with Gasteiger partial charge in [0.2, 0.25) is 11.8 Å². The number of rotatable bonds is 2. The number of carbonyl (C=O) groups excluding carboxylic acids is 3. The predicted molar refractivity (Wildman–Crippen MR) is 72.2 cm³/mol.